The maximum atomic E-state index is 13.2. The van der Waals surface area contributed by atoms with Gasteiger partial charge in [0.25, 0.3) is 11.6 Å². The van der Waals surface area contributed by atoms with Crippen LogP contribution in [-0.4, -0.2) is 52.9 Å². The van der Waals surface area contributed by atoms with E-state index in [0.29, 0.717) is 30.6 Å². The number of hydrogen-bond acceptors (Lipinski definition) is 7. The van der Waals surface area contributed by atoms with E-state index in [2.05, 4.69) is 29.2 Å². The number of nitrogens with zero attached hydrogens (tertiary/aromatic N) is 6. The Balaban J connectivity index is 1.43. The SMILES string of the molecule is Cc1ccc(C(=O)N2CCc3nc(N4CCc5ccccc5C4)nc(N(C)C)c3C2)cc1[N+](=O)[O-]. The van der Waals surface area contributed by atoms with Gasteiger partial charge in [-0.05, 0) is 30.5 Å². The molecule has 3 aromatic rings. The van der Waals surface area contributed by atoms with Gasteiger partial charge in [-0.25, -0.2) is 4.98 Å². The molecule has 0 radical (unpaired) electrons. The van der Waals surface area contributed by atoms with Crippen molar-refractivity contribution >= 4 is 23.4 Å². The van der Waals surface area contributed by atoms with Gasteiger partial charge in [0.1, 0.15) is 5.82 Å². The summed E-state index contributed by atoms with van der Waals surface area (Å²) in [4.78, 5) is 39.9. The average Bonchev–Trinajstić information content (AvgIpc) is 2.87. The molecule has 1 aromatic heterocycles. The number of aromatic nitrogens is 2. The first-order valence-corrected chi connectivity index (χ1v) is 11.7. The molecule has 9 heteroatoms. The summed E-state index contributed by atoms with van der Waals surface area (Å²) < 4.78 is 0. The minimum Gasteiger partial charge on any atom is -0.362 e. The molecule has 0 saturated heterocycles. The van der Waals surface area contributed by atoms with Crippen molar-refractivity contribution in [1.82, 2.24) is 14.9 Å². The van der Waals surface area contributed by atoms with Crippen LogP contribution in [0.5, 0.6) is 0 Å². The first-order valence-electron chi connectivity index (χ1n) is 11.7. The van der Waals surface area contributed by atoms with Crippen molar-refractivity contribution in [3.8, 4) is 0 Å². The van der Waals surface area contributed by atoms with Crippen LogP contribution in [0.15, 0.2) is 42.5 Å². The van der Waals surface area contributed by atoms with Crippen molar-refractivity contribution in [3.63, 3.8) is 0 Å². The highest BCUT2D eigenvalue weighted by molar-refractivity contribution is 5.95. The Morgan fingerprint density at radius 3 is 2.54 bits per heavy atom. The minimum absolute atomic E-state index is 0.0432. The van der Waals surface area contributed by atoms with Crippen molar-refractivity contribution in [2.45, 2.75) is 32.9 Å². The summed E-state index contributed by atoms with van der Waals surface area (Å²) in [7, 11) is 3.89. The highest BCUT2D eigenvalue weighted by Crippen LogP contribution is 2.31. The van der Waals surface area contributed by atoms with Gasteiger partial charge < -0.3 is 14.7 Å². The Labute approximate surface area is 204 Å². The Morgan fingerprint density at radius 1 is 1.03 bits per heavy atom. The lowest BCUT2D eigenvalue weighted by molar-refractivity contribution is -0.385. The van der Waals surface area contributed by atoms with Crippen LogP contribution in [0.2, 0.25) is 0 Å². The van der Waals surface area contributed by atoms with E-state index in [1.165, 1.54) is 17.2 Å². The molecule has 0 atom stereocenters. The van der Waals surface area contributed by atoms with E-state index in [9.17, 15) is 14.9 Å². The molecule has 9 nitrogen and oxygen atoms in total. The summed E-state index contributed by atoms with van der Waals surface area (Å²) >= 11 is 0. The molecule has 3 heterocycles. The van der Waals surface area contributed by atoms with Crippen LogP contribution in [0.1, 0.15) is 38.3 Å². The molecule has 0 unspecified atom stereocenters. The lowest BCUT2D eigenvalue weighted by Gasteiger charge is -2.34. The van der Waals surface area contributed by atoms with Crippen LogP contribution in [0, 0.1) is 17.0 Å². The number of nitro benzene ring substituents is 1. The van der Waals surface area contributed by atoms with E-state index in [-0.39, 0.29) is 11.6 Å². The highest BCUT2D eigenvalue weighted by atomic mass is 16.6. The third-order valence-electron chi connectivity index (χ3n) is 6.80. The lowest BCUT2D eigenvalue weighted by atomic mass is 10.00. The number of amides is 1. The number of nitro groups is 1. The van der Waals surface area contributed by atoms with Crippen LogP contribution >= 0.6 is 0 Å². The first-order chi connectivity index (χ1) is 16.8. The lowest BCUT2D eigenvalue weighted by Crippen LogP contribution is -2.38. The number of benzene rings is 2. The highest BCUT2D eigenvalue weighted by Gasteiger charge is 2.29. The number of anilines is 2. The monoisotopic (exact) mass is 472 g/mol. The molecule has 0 fully saturated rings. The largest absolute Gasteiger partial charge is 0.362 e. The summed E-state index contributed by atoms with van der Waals surface area (Å²) in [6, 6.07) is 13.1. The third kappa shape index (κ3) is 4.29. The van der Waals surface area contributed by atoms with Gasteiger partial charge in [-0.15, -0.1) is 0 Å². The molecule has 0 bridgehead atoms. The zero-order valence-electron chi connectivity index (χ0n) is 20.2. The topological polar surface area (TPSA) is 95.7 Å². The second-order valence-electron chi connectivity index (χ2n) is 9.34. The maximum absolute atomic E-state index is 13.2. The quantitative estimate of drug-likeness (QED) is 0.423. The van der Waals surface area contributed by atoms with E-state index >= 15 is 0 Å². The smallest absolute Gasteiger partial charge is 0.273 e. The average molecular weight is 473 g/mol. The predicted octanol–water partition coefficient (Wildman–Crippen LogP) is 3.52. The number of hydrogen-bond donors (Lipinski definition) is 0. The van der Waals surface area contributed by atoms with Crippen molar-refractivity contribution < 1.29 is 9.72 Å². The summed E-state index contributed by atoms with van der Waals surface area (Å²) in [6.45, 7) is 4.17. The first kappa shape index (κ1) is 22.8. The molecular formula is C26H28N6O3. The van der Waals surface area contributed by atoms with Crippen molar-refractivity contribution in [1.29, 1.82) is 0 Å². The number of aryl methyl sites for hydroxylation is 1. The van der Waals surface area contributed by atoms with E-state index in [1.54, 1.807) is 24.0 Å². The van der Waals surface area contributed by atoms with Gasteiger partial charge in [0.05, 0.1) is 17.2 Å². The van der Waals surface area contributed by atoms with Gasteiger partial charge in [-0.1, -0.05) is 30.3 Å². The van der Waals surface area contributed by atoms with Crippen molar-refractivity contribution in [2.75, 3.05) is 37.0 Å². The van der Waals surface area contributed by atoms with Gasteiger partial charge >= 0.3 is 0 Å². The number of rotatable bonds is 4. The number of fused-ring (bicyclic) bond motifs is 2. The minimum atomic E-state index is -0.448. The van der Waals surface area contributed by atoms with Gasteiger partial charge in [0, 0.05) is 62.9 Å². The zero-order valence-corrected chi connectivity index (χ0v) is 20.2. The van der Waals surface area contributed by atoms with Gasteiger partial charge in [0.15, 0.2) is 0 Å². The van der Waals surface area contributed by atoms with Crippen LogP contribution < -0.4 is 9.80 Å². The molecule has 2 aromatic carbocycles. The molecule has 0 N–H and O–H groups in total. The van der Waals surface area contributed by atoms with E-state index < -0.39 is 4.92 Å². The molecule has 5 rings (SSSR count). The molecule has 0 saturated carbocycles. The Morgan fingerprint density at radius 2 is 1.80 bits per heavy atom. The van der Waals surface area contributed by atoms with Crippen molar-refractivity contribution in [3.05, 3.63) is 86.1 Å². The molecule has 2 aliphatic rings. The Hall–Kier alpha value is -4.01. The summed E-state index contributed by atoms with van der Waals surface area (Å²) in [6.07, 6.45) is 1.56. The fourth-order valence-electron chi connectivity index (χ4n) is 4.86. The van der Waals surface area contributed by atoms with E-state index in [0.717, 1.165) is 42.5 Å². The van der Waals surface area contributed by atoms with Gasteiger partial charge in [0.2, 0.25) is 5.95 Å². The van der Waals surface area contributed by atoms with Gasteiger partial charge in [-0.2, -0.15) is 4.98 Å². The van der Waals surface area contributed by atoms with Crippen molar-refractivity contribution in [2.24, 2.45) is 0 Å². The summed E-state index contributed by atoms with van der Waals surface area (Å²) in [5.41, 5.74) is 5.37. The Bertz CT molecular complexity index is 1320. The molecule has 180 valence electrons. The van der Waals surface area contributed by atoms with E-state index in [1.807, 2.05) is 19.0 Å². The van der Waals surface area contributed by atoms with Gasteiger partial charge in [-0.3, -0.25) is 14.9 Å². The number of carbonyl (C=O) groups excluding carboxylic acids is 1. The van der Waals surface area contributed by atoms with Crippen LogP contribution in [-0.2, 0) is 25.9 Å². The number of carbonyl (C=O) groups is 1. The van der Waals surface area contributed by atoms with Crippen LogP contribution in [0.4, 0.5) is 17.5 Å². The normalized spacial score (nSPS) is 14.8. The molecule has 0 spiro atoms. The predicted molar refractivity (Wildman–Crippen MR) is 134 cm³/mol. The standard InChI is InChI=1S/C26H28N6O3/c1-17-8-9-19(14-23(17)32(34)35)25(33)30-13-11-22-21(16-30)24(29(2)3)28-26(27-22)31-12-10-18-6-4-5-7-20(18)15-31/h4-9,14H,10-13,15-16H2,1-3H3. The molecule has 1 amide bonds. The second-order valence-corrected chi connectivity index (χ2v) is 9.34. The molecule has 2 aliphatic heterocycles. The fourth-order valence-corrected chi connectivity index (χ4v) is 4.86. The maximum Gasteiger partial charge on any atom is 0.273 e. The van der Waals surface area contributed by atoms with E-state index in [4.69, 9.17) is 9.97 Å². The fraction of sp³-hybridized carbons (Fsp3) is 0.346. The molecule has 35 heavy (non-hydrogen) atoms. The molecule has 0 aliphatic carbocycles. The Kier molecular flexibility index (Phi) is 5.84. The zero-order chi connectivity index (χ0) is 24.7. The van der Waals surface area contributed by atoms with Crippen LogP contribution in [0.3, 0.4) is 0 Å². The summed E-state index contributed by atoms with van der Waals surface area (Å²) in [5, 5.41) is 11.3. The van der Waals surface area contributed by atoms with Crippen LogP contribution in [0.25, 0.3) is 0 Å². The third-order valence-corrected chi connectivity index (χ3v) is 6.80. The second kappa shape index (κ2) is 8.98. The summed E-state index contributed by atoms with van der Waals surface area (Å²) in [5.74, 6) is 1.30. The molecular weight excluding hydrogens is 444 g/mol.